The van der Waals surface area contributed by atoms with Gasteiger partial charge in [0.25, 0.3) is 0 Å². The molecule has 1 heterocycles. The monoisotopic (exact) mass is 258 g/mol. The molecule has 1 fully saturated rings. The molecule has 0 amide bonds. The van der Waals surface area contributed by atoms with Gasteiger partial charge in [0.1, 0.15) is 0 Å². The van der Waals surface area contributed by atoms with Crippen molar-refractivity contribution in [1.82, 2.24) is 9.97 Å². The van der Waals surface area contributed by atoms with E-state index < -0.39 is 5.82 Å². The molecule has 4 nitrogen and oxygen atoms in total. The molecule has 1 aromatic heterocycles. The maximum Gasteiger partial charge on any atom is 0.225 e. The van der Waals surface area contributed by atoms with Crippen LogP contribution in [0, 0.1) is 5.82 Å². The van der Waals surface area contributed by atoms with E-state index in [2.05, 4.69) is 14.9 Å². The maximum atomic E-state index is 12.9. The van der Waals surface area contributed by atoms with Gasteiger partial charge in [-0.25, -0.2) is 14.4 Å². The van der Waals surface area contributed by atoms with Crippen LogP contribution in [0.4, 0.5) is 16.0 Å². The number of rotatable bonds is 4. The molecule has 1 aromatic carbocycles. The van der Waals surface area contributed by atoms with Gasteiger partial charge in [-0.2, -0.15) is 0 Å². The van der Waals surface area contributed by atoms with E-state index in [9.17, 15) is 4.39 Å². The second kappa shape index (κ2) is 4.84. The fraction of sp³-hybridized carbons (Fsp3) is 0.286. The summed E-state index contributed by atoms with van der Waals surface area (Å²) in [5.74, 6) is 0.174. The predicted octanol–water partition coefficient (Wildman–Crippen LogP) is 2.37. The van der Waals surface area contributed by atoms with E-state index in [1.807, 2.05) is 24.3 Å². The number of nitrogens with two attached hydrogens (primary N) is 1. The van der Waals surface area contributed by atoms with Crippen LogP contribution in [0.5, 0.6) is 0 Å². The van der Waals surface area contributed by atoms with Crippen molar-refractivity contribution in [3.63, 3.8) is 0 Å². The first-order valence-corrected chi connectivity index (χ1v) is 6.31. The lowest BCUT2D eigenvalue weighted by molar-refractivity contribution is 0.610. The van der Waals surface area contributed by atoms with Gasteiger partial charge in [0.05, 0.1) is 12.4 Å². The SMILES string of the molecule is Nc1ccc(CN(c2ncc(F)cn2)C2CC2)cc1. The molecule has 5 heteroatoms. The Hall–Kier alpha value is -2.17. The molecule has 1 aliphatic carbocycles. The van der Waals surface area contributed by atoms with Crippen LogP contribution in [0.3, 0.4) is 0 Å². The molecule has 1 aliphatic rings. The molecule has 0 unspecified atom stereocenters. The van der Waals surface area contributed by atoms with Gasteiger partial charge >= 0.3 is 0 Å². The lowest BCUT2D eigenvalue weighted by Gasteiger charge is -2.22. The molecule has 0 bridgehead atoms. The molecule has 0 atom stereocenters. The zero-order valence-corrected chi connectivity index (χ0v) is 10.5. The number of nitrogen functional groups attached to an aromatic ring is 1. The van der Waals surface area contributed by atoms with Gasteiger partial charge in [0, 0.05) is 18.3 Å². The van der Waals surface area contributed by atoms with Crippen LogP contribution in [-0.2, 0) is 6.54 Å². The Kier molecular flexibility index (Phi) is 3.03. The van der Waals surface area contributed by atoms with E-state index >= 15 is 0 Å². The van der Waals surface area contributed by atoms with Crippen molar-refractivity contribution in [2.45, 2.75) is 25.4 Å². The molecule has 0 aliphatic heterocycles. The van der Waals surface area contributed by atoms with E-state index in [0.29, 0.717) is 12.0 Å². The number of benzene rings is 1. The summed E-state index contributed by atoms with van der Waals surface area (Å²) in [7, 11) is 0. The number of nitrogens with zero attached hydrogens (tertiary/aromatic N) is 3. The Bertz CT molecular complexity index is 549. The van der Waals surface area contributed by atoms with E-state index in [1.165, 1.54) is 12.4 Å². The van der Waals surface area contributed by atoms with Crippen molar-refractivity contribution in [3.8, 4) is 0 Å². The fourth-order valence-corrected chi connectivity index (χ4v) is 2.02. The number of hydrogen-bond acceptors (Lipinski definition) is 4. The molecule has 2 aromatic rings. The average molecular weight is 258 g/mol. The minimum Gasteiger partial charge on any atom is -0.399 e. The van der Waals surface area contributed by atoms with E-state index in [-0.39, 0.29) is 0 Å². The molecular weight excluding hydrogens is 243 g/mol. The quantitative estimate of drug-likeness (QED) is 0.855. The summed E-state index contributed by atoms with van der Waals surface area (Å²) in [6.07, 6.45) is 4.69. The second-order valence-corrected chi connectivity index (χ2v) is 4.80. The van der Waals surface area contributed by atoms with Gasteiger partial charge in [-0.1, -0.05) is 12.1 Å². The van der Waals surface area contributed by atoms with Crippen LogP contribution in [0.25, 0.3) is 0 Å². The highest BCUT2D eigenvalue weighted by atomic mass is 19.1. The Labute approximate surface area is 111 Å². The summed E-state index contributed by atoms with van der Waals surface area (Å²) >= 11 is 0. The third-order valence-corrected chi connectivity index (χ3v) is 3.18. The Morgan fingerprint density at radius 3 is 2.37 bits per heavy atom. The van der Waals surface area contributed by atoms with Crippen molar-refractivity contribution in [1.29, 1.82) is 0 Å². The normalized spacial score (nSPS) is 14.4. The van der Waals surface area contributed by atoms with Crippen LogP contribution < -0.4 is 10.6 Å². The minimum atomic E-state index is -0.410. The van der Waals surface area contributed by atoms with E-state index in [1.54, 1.807) is 0 Å². The molecular formula is C14H15FN4. The smallest absolute Gasteiger partial charge is 0.225 e. The van der Waals surface area contributed by atoms with Crippen molar-refractivity contribution in [3.05, 3.63) is 48.0 Å². The number of aromatic nitrogens is 2. The number of hydrogen-bond donors (Lipinski definition) is 1. The third kappa shape index (κ3) is 2.81. The Morgan fingerprint density at radius 2 is 1.79 bits per heavy atom. The molecule has 3 rings (SSSR count). The van der Waals surface area contributed by atoms with Crippen LogP contribution in [0.2, 0.25) is 0 Å². The minimum absolute atomic E-state index is 0.410. The molecule has 0 spiro atoms. The maximum absolute atomic E-state index is 12.9. The fourth-order valence-electron chi connectivity index (χ4n) is 2.02. The summed E-state index contributed by atoms with van der Waals surface area (Å²) in [5.41, 5.74) is 7.57. The van der Waals surface area contributed by atoms with E-state index in [0.717, 1.165) is 30.6 Å². The largest absolute Gasteiger partial charge is 0.399 e. The van der Waals surface area contributed by atoms with E-state index in [4.69, 9.17) is 5.73 Å². The first kappa shape index (κ1) is 11.9. The van der Waals surface area contributed by atoms with Crippen molar-refractivity contribution < 1.29 is 4.39 Å². The lowest BCUT2D eigenvalue weighted by atomic mass is 10.2. The van der Waals surface area contributed by atoms with Crippen LogP contribution in [0.15, 0.2) is 36.7 Å². The standard InChI is InChI=1S/C14H15FN4/c15-11-7-17-14(18-8-11)19(13-5-6-13)9-10-1-3-12(16)4-2-10/h1-4,7-8,13H,5-6,9,16H2. The zero-order valence-electron chi connectivity index (χ0n) is 10.5. The highest BCUT2D eigenvalue weighted by molar-refractivity contribution is 5.42. The van der Waals surface area contributed by atoms with Crippen molar-refractivity contribution >= 4 is 11.6 Å². The van der Waals surface area contributed by atoms with Gasteiger partial charge in [0.2, 0.25) is 5.95 Å². The summed E-state index contributed by atoms with van der Waals surface area (Å²) in [6.45, 7) is 0.719. The summed E-state index contributed by atoms with van der Waals surface area (Å²) in [5, 5.41) is 0. The van der Waals surface area contributed by atoms with Gasteiger partial charge < -0.3 is 10.6 Å². The first-order chi connectivity index (χ1) is 9.22. The Morgan fingerprint density at radius 1 is 1.16 bits per heavy atom. The average Bonchev–Trinajstić information content (AvgIpc) is 3.24. The number of halogens is 1. The number of anilines is 2. The Balaban J connectivity index is 1.81. The summed E-state index contributed by atoms with van der Waals surface area (Å²) in [4.78, 5) is 10.3. The lowest BCUT2D eigenvalue weighted by Crippen LogP contribution is -2.27. The van der Waals surface area contributed by atoms with Crippen LogP contribution in [-0.4, -0.2) is 16.0 Å². The topological polar surface area (TPSA) is 55.0 Å². The highest BCUT2D eigenvalue weighted by Crippen LogP contribution is 2.31. The van der Waals surface area contributed by atoms with Crippen LogP contribution in [0.1, 0.15) is 18.4 Å². The third-order valence-electron chi connectivity index (χ3n) is 3.18. The molecule has 0 radical (unpaired) electrons. The van der Waals surface area contributed by atoms with Gasteiger partial charge in [-0.15, -0.1) is 0 Å². The van der Waals surface area contributed by atoms with Gasteiger partial charge in [0.15, 0.2) is 5.82 Å². The molecule has 0 saturated heterocycles. The highest BCUT2D eigenvalue weighted by Gasteiger charge is 2.30. The van der Waals surface area contributed by atoms with Crippen molar-refractivity contribution in [2.75, 3.05) is 10.6 Å². The molecule has 19 heavy (non-hydrogen) atoms. The summed E-state index contributed by atoms with van der Waals surface area (Å²) < 4.78 is 12.9. The second-order valence-electron chi connectivity index (χ2n) is 4.80. The van der Waals surface area contributed by atoms with Gasteiger partial charge in [-0.05, 0) is 30.5 Å². The molecule has 98 valence electrons. The zero-order chi connectivity index (χ0) is 13.2. The summed E-state index contributed by atoms with van der Waals surface area (Å²) in [6, 6.07) is 8.21. The molecule has 1 saturated carbocycles. The first-order valence-electron chi connectivity index (χ1n) is 6.31. The predicted molar refractivity (Wildman–Crippen MR) is 72.0 cm³/mol. The van der Waals surface area contributed by atoms with Crippen molar-refractivity contribution in [2.24, 2.45) is 0 Å². The van der Waals surface area contributed by atoms with Gasteiger partial charge in [-0.3, -0.25) is 0 Å². The van der Waals surface area contributed by atoms with Crippen LogP contribution >= 0.6 is 0 Å². The molecule has 2 N–H and O–H groups in total.